The predicted octanol–water partition coefficient (Wildman–Crippen LogP) is 5.28. The van der Waals surface area contributed by atoms with Crippen LogP contribution >= 0.6 is 7.82 Å². The minimum absolute atomic E-state index is 0.0911. The second kappa shape index (κ2) is 9.53. The van der Waals surface area contributed by atoms with Crippen molar-refractivity contribution in [2.24, 2.45) is 0 Å². The lowest BCUT2D eigenvalue weighted by atomic mass is 10.1. The van der Waals surface area contributed by atoms with Crippen molar-refractivity contribution in [1.82, 2.24) is 4.98 Å². The topological polar surface area (TPSA) is 89.7 Å². The van der Waals surface area contributed by atoms with E-state index >= 15 is 0 Å². The van der Waals surface area contributed by atoms with E-state index in [1.165, 1.54) is 24.3 Å². The van der Waals surface area contributed by atoms with Crippen LogP contribution in [-0.2, 0) is 18.1 Å². The van der Waals surface area contributed by atoms with E-state index in [1.807, 2.05) is 25.1 Å². The van der Waals surface area contributed by atoms with E-state index in [9.17, 15) is 13.8 Å². The summed E-state index contributed by atoms with van der Waals surface area (Å²) in [5.41, 5.74) is 1.89. The number of phosphoric acid groups is 1. The second-order valence-corrected chi connectivity index (χ2v) is 8.19. The zero-order chi connectivity index (χ0) is 21.7. The van der Waals surface area contributed by atoms with Gasteiger partial charge in [-0.25, -0.2) is 8.96 Å². The fourth-order valence-corrected chi connectivity index (χ4v) is 4.19. The van der Waals surface area contributed by atoms with E-state index in [0.29, 0.717) is 11.2 Å². The molecule has 7 nitrogen and oxygen atoms in total. The van der Waals surface area contributed by atoms with Gasteiger partial charge in [0.25, 0.3) is 5.56 Å². The summed E-state index contributed by atoms with van der Waals surface area (Å²) in [6.07, 6.45) is -1.17. The standard InChI is InChI=1S/C21H24FN2O5P/c1-4-27-30(26,28-5-2)29-21(23-17-9-7-16(22)8-10-17)18-13-15-12-14(3)6-11-19(15)24-20(18)25/h6-13,21,23H,4-5H2,1-3H3,(H,24,25). The molecule has 3 aromatic rings. The van der Waals surface area contributed by atoms with Gasteiger partial charge in [0.15, 0.2) is 6.23 Å². The first-order valence-electron chi connectivity index (χ1n) is 9.56. The van der Waals surface area contributed by atoms with Crippen LogP contribution in [0.3, 0.4) is 0 Å². The molecule has 0 spiro atoms. The van der Waals surface area contributed by atoms with Crippen molar-refractivity contribution >= 4 is 24.4 Å². The lowest BCUT2D eigenvalue weighted by Gasteiger charge is -2.25. The Labute approximate surface area is 173 Å². The number of hydrogen-bond donors (Lipinski definition) is 2. The van der Waals surface area contributed by atoms with Gasteiger partial charge in [0.05, 0.1) is 18.8 Å². The van der Waals surface area contributed by atoms with Crippen molar-refractivity contribution < 1.29 is 22.5 Å². The van der Waals surface area contributed by atoms with E-state index < -0.39 is 25.4 Å². The highest BCUT2D eigenvalue weighted by Crippen LogP contribution is 2.52. The van der Waals surface area contributed by atoms with Gasteiger partial charge in [0.2, 0.25) is 0 Å². The highest BCUT2D eigenvalue weighted by Gasteiger charge is 2.32. The number of benzene rings is 2. The Morgan fingerprint density at radius 2 is 1.73 bits per heavy atom. The number of pyridine rings is 1. The minimum atomic E-state index is -3.97. The Morgan fingerprint density at radius 1 is 1.07 bits per heavy atom. The zero-order valence-corrected chi connectivity index (χ0v) is 17.9. The molecule has 160 valence electrons. The van der Waals surface area contributed by atoms with Crippen molar-refractivity contribution in [3.8, 4) is 0 Å². The third-order valence-electron chi connectivity index (χ3n) is 4.26. The normalized spacial score (nSPS) is 12.8. The fourth-order valence-electron chi connectivity index (χ4n) is 2.94. The lowest BCUT2D eigenvalue weighted by molar-refractivity contribution is 0.0936. The zero-order valence-electron chi connectivity index (χ0n) is 17.0. The number of rotatable bonds is 9. The smallest absolute Gasteiger partial charge is 0.356 e. The molecule has 3 rings (SSSR count). The van der Waals surface area contributed by atoms with Crippen LogP contribution in [-0.4, -0.2) is 18.2 Å². The van der Waals surface area contributed by atoms with Crippen molar-refractivity contribution in [3.05, 3.63) is 75.8 Å². The Kier molecular flexibility index (Phi) is 7.05. The molecule has 9 heteroatoms. The lowest BCUT2D eigenvalue weighted by Crippen LogP contribution is -2.23. The summed E-state index contributed by atoms with van der Waals surface area (Å²) in [6.45, 7) is 5.43. The Balaban J connectivity index is 2.06. The molecule has 0 amide bonds. The second-order valence-electron chi connectivity index (χ2n) is 6.56. The summed E-state index contributed by atoms with van der Waals surface area (Å²) in [4.78, 5) is 15.6. The molecule has 0 bridgehead atoms. The molecular weight excluding hydrogens is 410 g/mol. The van der Waals surface area contributed by atoms with E-state index in [1.54, 1.807) is 19.9 Å². The molecular formula is C21H24FN2O5P. The molecule has 0 aliphatic heterocycles. The molecule has 1 atom stereocenters. The average molecular weight is 434 g/mol. The van der Waals surface area contributed by atoms with Gasteiger partial charge < -0.3 is 10.3 Å². The number of aromatic amines is 1. The molecule has 0 fully saturated rings. The third kappa shape index (κ3) is 5.34. The first-order valence-corrected chi connectivity index (χ1v) is 11.0. The first kappa shape index (κ1) is 22.2. The number of H-pyrrole nitrogens is 1. The van der Waals surface area contributed by atoms with Gasteiger partial charge in [0.1, 0.15) is 5.82 Å². The van der Waals surface area contributed by atoms with Gasteiger partial charge in [-0.3, -0.25) is 18.4 Å². The van der Waals surface area contributed by atoms with Crippen molar-refractivity contribution in [2.75, 3.05) is 18.5 Å². The van der Waals surface area contributed by atoms with Gasteiger partial charge in [-0.2, -0.15) is 0 Å². The molecule has 30 heavy (non-hydrogen) atoms. The van der Waals surface area contributed by atoms with Crippen LogP contribution in [0.4, 0.5) is 10.1 Å². The maximum absolute atomic E-state index is 13.3. The van der Waals surface area contributed by atoms with E-state index in [2.05, 4.69) is 10.3 Å². The van der Waals surface area contributed by atoms with Crippen molar-refractivity contribution in [3.63, 3.8) is 0 Å². The quantitative estimate of drug-likeness (QED) is 0.352. The van der Waals surface area contributed by atoms with Gasteiger partial charge in [0, 0.05) is 11.2 Å². The number of fused-ring (bicyclic) bond motifs is 1. The van der Waals surface area contributed by atoms with Gasteiger partial charge >= 0.3 is 7.82 Å². The maximum atomic E-state index is 13.3. The molecule has 2 N–H and O–H groups in total. The molecule has 2 aromatic carbocycles. The van der Waals surface area contributed by atoms with Crippen LogP contribution in [0, 0.1) is 12.7 Å². The van der Waals surface area contributed by atoms with Crippen LogP contribution in [0.25, 0.3) is 10.9 Å². The van der Waals surface area contributed by atoms with Crippen molar-refractivity contribution in [2.45, 2.75) is 27.0 Å². The van der Waals surface area contributed by atoms with Crippen molar-refractivity contribution in [1.29, 1.82) is 0 Å². The number of hydrogen-bond acceptors (Lipinski definition) is 6. The molecule has 0 saturated carbocycles. The summed E-state index contributed by atoms with van der Waals surface area (Å²) in [5, 5.41) is 3.75. The first-order chi connectivity index (χ1) is 14.3. The third-order valence-corrected chi connectivity index (χ3v) is 5.88. The van der Waals surface area contributed by atoms with Crippen LogP contribution in [0.5, 0.6) is 0 Å². The van der Waals surface area contributed by atoms with Gasteiger partial charge in [-0.15, -0.1) is 0 Å². The highest BCUT2D eigenvalue weighted by atomic mass is 31.2. The summed E-state index contributed by atoms with van der Waals surface area (Å²) in [5.74, 6) is -0.411. The fraction of sp³-hybridized carbons (Fsp3) is 0.286. The number of halogens is 1. The van der Waals surface area contributed by atoms with Crippen LogP contribution in [0.1, 0.15) is 31.2 Å². The number of aryl methyl sites for hydroxylation is 1. The predicted molar refractivity (Wildman–Crippen MR) is 114 cm³/mol. The number of anilines is 1. The molecule has 1 aromatic heterocycles. The van der Waals surface area contributed by atoms with Crippen LogP contribution in [0.2, 0.25) is 0 Å². The summed E-state index contributed by atoms with van der Waals surface area (Å²) >= 11 is 0. The largest absolute Gasteiger partial charge is 0.476 e. The van der Waals surface area contributed by atoms with Crippen LogP contribution < -0.4 is 10.9 Å². The SMILES string of the molecule is CCOP(=O)(OCC)OC(Nc1ccc(F)cc1)c1cc2cc(C)ccc2[nH]c1=O. The molecule has 0 radical (unpaired) electrons. The minimum Gasteiger partial charge on any atom is -0.356 e. The molecule has 1 unspecified atom stereocenters. The Bertz CT molecular complexity index is 1110. The number of aromatic nitrogens is 1. The molecule has 1 heterocycles. The Morgan fingerprint density at radius 3 is 2.37 bits per heavy atom. The highest BCUT2D eigenvalue weighted by molar-refractivity contribution is 7.48. The van der Waals surface area contributed by atoms with E-state index in [4.69, 9.17) is 13.6 Å². The summed E-state index contributed by atoms with van der Waals surface area (Å²) in [6, 6.07) is 12.8. The monoisotopic (exact) mass is 434 g/mol. The number of phosphoric ester groups is 1. The maximum Gasteiger partial charge on any atom is 0.476 e. The van der Waals surface area contributed by atoms with Crippen LogP contribution in [0.15, 0.2) is 53.3 Å². The van der Waals surface area contributed by atoms with Gasteiger partial charge in [-0.1, -0.05) is 11.6 Å². The average Bonchev–Trinajstić information content (AvgIpc) is 2.69. The number of nitrogens with one attached hydrogen (secondary N) is 2. The molecule has 0 aliphatic rings. The molecule has 0 saturated heterocycles. The Hall–Kier alpha value is -2.51. The van der Waals surface area contributed by atoms with Gasteiger partial charge in [-0.05, 0) is 68.6 Å². The van der Waals surface area contributed by atoms with E-state index in [-0.39, 0.29) is 18.8 Å². The summed E-state index contributed by atoms with van der Waals surface area (Å²) < 4.78 is 42.4. The van der Waals surface area contributed by atoms with E-state index in [0.717, 1.165) is 10.9 Å². The molecule has 0 aliphatic carbocycles. The summed E-state index contributed by atoms with van der Waals surface area (Å²) in [7, 11) is -3.97.